The van der Waals surface area contributed by atoms with Gasteiger partial charge in [0.05, 0.1) is 12.8 Å². The van der Waals surface area contributed by atoms with E-state index in [-0.39, 0.29) is 6.03 Å². The van der Waals surface area contributed by atoms with Gasteiger partial charge >= 0.3 is 6.03 Å². The highest BCUT2D eigenvalue weighted by Gasteiger charge is 2.23. The molecule has 4 nitrogen and oxygen atoms in total. The Hall–Kier alpha value is -1.71. The summed E-state index contributed by atoms with van der Waals surface area (Å²) in [5, 5.41) is 3.25. The summed E-state index contributed by atoms with van der Waals surface area (Å²) in [5.41, 5.74) is 0. The molecule has 23 heavy (non-hydrogen) atoms. The van der Waals surface area contributed by atoms with Crippen LogP contribution in [0.25, 0.3) is 0 Å². The number of amides is 2. The highest BCUT2D eigenvalue weighted by Crippen LogP contribution is 2.22. The zero-order valence-electron chi connectivity index (χ0n) is 13.9. The predicted octanol–water partition coefficient (Wildman–Crippen LogP) is 4.48. The van der Waals surface area contributed by atoms with Gasteiger partial charge in [0.15, 0.2) is 0 Å². The van der Waals surface area contributed by atoms with Crippen LogP contribution >= 0.6 is 0 Å². The van der Waals surface area contributed by atoms with E-state index >= 15 is 0 Å². The van der Waals surface area contributed by atoms with Crippen LogP contribution in [0, 0.1) is 5.92 Å². The van der Waals surface area contributed by atoms with Crippen LogP contribution < -0.4 is 5.32 Å². The normalized spacial score (nSPS) is 22.0. The molecular formula is C19H28N2O2. The number of nitrogens with zero attached hydrogens (tertiary/aromatic N) is 1. The Morgan fingerprint density at radius 2 is 2.09 bits per heavy atom. The number of hydrogen-bond acceptors (Lipinski definition) is 2. The van der Waals surface area contributed by atoms with Crippen molar-refractivity contribution in [1.82, 2.24) is 10.2 Å². The van der Waals surface area contributed by atoms with Crippen LogP contribution in [0.5, 0.6) is 0 Å². The standard InChI is InChI=1S/C19H28N2O2/c22-19(20-17-10-5-2-6-11-17)21(15-18-12-7-13-23-18)14-16-8-3-1-4-9-16/h1,3,7,12-13,16-17H,2,4-6,8-11,14-15H2,(H,20,22)/t16-/m1/s1. The second-order valence-corrected chi connectivity index (χ2v) is 6.89. The van der Waals surface area contributed by atoms with Gasteiger partial charge in [-0.15, -0.1) is 0 Å². The molecule has 3 rings (SSSR count). The Morgan fingerprint density at radius 1 is 1.22 bits per heavy atom. The molecular weight excluding hydrogens is 288 g/mol. The minimum absolute atomic E-state index is 0.0721. The van der Waals surface area contributed by atoms with Crippen LogP contribution in [0.15, 0.2) is 35.0 Å². The van der Waals surface area contributed by atoms with Gasteiger partial charge in [-0.25, -0.2) is 4.79 Å². The zero-order chi connectivity index (χ0) is 15.9. The number of rotatable bonds is 5. The first-order chi connectivity index (χ1) is 11.3. The van der Waals surface area contributed by atoms with Gasteiger partial charge in [-0.2, -0.15) is 0 Å². The maximum atomic E-state index is 12.8. The summed E-state index contributed by atoms with van der Waals surface area (Å²) >= 11 is 0. The molecule has 4 heteroatoms. The van der Waals surface area contributed by atoms with E-state index in [2.05, 4.69) is 17.5 Å². The highest BCUT2D eigenvalue weighted by molar-refractivity contribution is 5.74. The molecule has 1 saturated carbocycles. The van der Waals surface area contributed by atoms with Gasteiger partial charge in [0.1, 0.15) is 5.76 Å². The summed E-state index contributed by atoms with van der Waals surface area (Å²) in [5.74, 6) is 1.42. The summed E-state index contributed by atoms with van der Waals surface area (Å²) in [6.45, 7) is 1.37. The number of carbonyl (C=O) groups is 1. The third kappa shape index (κ3) is 4.88. The van der Waals surface area contributed by atoms with Crippen molar-refractivity contribution in [2.24, 2.45) is 5.92 Å². The van der Waals surface area contributed by atoms with Crippen LogP contribution in [-0.2, 0) is 6.54 Å². The topological polar surface area (TPSA) is 45.5 Å². The molecule has 1 N–H and O–H groups in total. The highest BCUT2D eigenvalue weighted by atomic mass is 16.3. The Labute approximate surface area is 138 Å². The summed E-state index contributed by atoms with van der Waals surface area (Å²) in [6, 6.07) is 4.25. The fourth-order valence-electron chi connectivity index (χ4n) is 3.66. The fourth-order valence-corrected chi connectivity index (χ4v) is 3.66. The van der Waals surface area contributed by atoms with Crippen molar-refractivity contribution in [3.05, 3.63) is 36.3 Å². The first-order valence-electron chi connectivity index (χ1n) is 9.04. The van der Waals surface area contributed by atoms with Gasteiger partial charge < -0.3 is 14.6 Å². The maximum Gasteiger partial charge on any atom is 0.318 e. The Balaban J connectivity index is 1.60. The van der Waals surface area contributed by atoms with E-state index in [1.165, 1.54) is 25.7 Å². The molecule has 1 aromatic heterocycles. The molecule has 1 fully saturated rings. The molecule has 0 unspecified atom stereocenters. The summed E-state index contributed by atoms with van der Waals surface area (Å²) in [7, 11) is 0. The Morgan fingerprint density at radius 3 is 2.78 bits per heavy atom. The lowest BCUT2D eigenvalue weighted by molar-refractivity contribution is 0.170. The van der Waals surface area contributed by atoms with E-state index in [4.69, 9.17) is 4.42 Å². The molecule has 126 valence electrons. The molecule has 1 heterocycles. The summed E-state index contributed by atoms with van der Waals surface area (Å²) < 4.78 is 5.46. The van der Waals surface area contributed by atoms with Gasteiger partial charge in [-0.05, 0) is 50.2 Å². The average Bonchev–Trinajstić information content (AvgIpc) is 3.09. The SMILES string of the molecule is O=C(NC1CCCCC1)N(Cc1ccco1)C[C@@H]1CC=CCC1. The van der Waals surface area contributed by atoms with Crippen LogP contribution in [0.1, 0.15) is 57.1 Å². The lowest BCUT2D eigenvalue weighted by atomic mass is 9.94. The second kappa shape index (κ2) is 8.23. The van der Waals surface area contributed by atoms with E-state index in [1.807, 2.05) is 17.0 Å². The van der Waals surface area contributed by atoms with Crippen LogP contribution in [0.3, 0.4) is 0 Å². The van der Waals surface area contributed by atoms with E-state index in [1.54, 1.807) is 6.26 Å². The smallest absolute Gasteiger partial charge is 0.318 e. The van der Waals surface area contributed by atoms with Gasteiger partial charge in [0, 0.05) is 12.6 Å². The van der Waals surface area contributed by atoms with Crippen molar-refractivity contribution in [2.45, 2.75) is 64.0 Å². The number of allylic oxidation sites excluding steroid dienone is 2. The van der Waals surface area contributed by atoms with Crippen molar-refractivity contribution in [1.29, 1.82) is 0 Å². The van der Waals surface area contributed by atoms with Crippen molar-refractivity contribution < 1.29 is 9.21 Å². The monoisotopic (exact) mass is 316 g/mol. The lowest BCUT2D eigenvalue weighted by Crippen LogP contribution is -2.46. The Bertz CT molecular complexity index is 503. The molecule has 1 atom stereocenters. The molecule has 0 aromatic carbocycles. The van der Waals surface area contributed by atoms with Crippen molar-refractivity contribution in [2.75, 3.05) is 6.54 Å². The van der Waals surface area contributed by atoms with Crippen molar-refractivity contribution in [3.63, 3.8) is 0 Å². The molecule has 2 aliphatic rings. The minimum Gasteiger partial charge on any atom is -0.467 e. The van der Waals surface area contributed by atoms with Crippen LogP contribution in [0.2, 0.25) is 0 Å². The van der Waals surface area contributed by atoms with E-state index < -0.39 is 0 Å². The van der Waals surface area contributed by atoms with Crippen molar-refractivity contribution in [3.8, 4) is 0 Å². The molecule has 2 aliphatic carbocycles. The van der Waals surface area contributed by atoms with E-state index in [9.17, 15) is 4.79 Å². The number of urea groups is 1. The maximum absolute atomic E-state index is 12.8. The fraction of sp³-hybridized carbons (Fsp3) is 0.632. The van der Waals surface area contributed by atoms with E-state index in [0.717, 1.165) is 38.0 Å². The summed E-state index contributed by atoms with van der Waals surface area (Å²) in [4.78, 5) is 14.7. The third-order valence-corrected chi connectivity index (χ3v) is 5.00. The minimum atomic E-state index is 0.0721. The number of carbonyl (C=O) groups excluding carboxylic acids is 1. The van der Waals surface area contributed by atoms with Crippen molar-refractivity contribution >= 4 is 6.03 Å². The second-order valence-electron chi connectivity index (χ2n) is 6.89. The summed E-state index contributed by atoms with van der Waals surface area (Å²) in [6.07, 6.45) is 15.5. The molecule has 0 spiro atoms. The molecule has 0 radical (unpaired) electrons. The average molecular weight is 316 g/mol. The van der Waals surface area contributed by atoms with E-state index in [0.29, 0.717) is 18.5 Å². The largest absolute Gasteiger partial charge is 0.467 e. The molecule has 0 aliphatic heterocycles. The number of furan rings is 1. The van der Waals surface area contributed by atoms with Gasteiger partial charge in [0.25, 0.3) is 0 Å². The predicted molar refractivity (Wildman–Crippen MR) is 91.0 cm³/mol. The van der Waals surface area contributed by atoms with Gasteiger partial charge in [-0.1, -0.05) is 31.4 Å². The Kier molecular flexibility index (Phi) is 5.78. The number of hydrogen-bond donors (Lipinski definition) is 1. The first-order valence-corrected chi connectivity index (χ1v) is 9.04. The van der Waals surface area contributed by atoms with Crippen LogP contribution in [-0.4, -0.2) is 23.5 Å². The quantitative estimate of drug-likeness (QED) is 0.814. The zero-order valence-corrected chi connectivity index (χ0v) is 13.9. The first kappa shape index (κ1) is 16.2. The molecule has 0 bridgehead atoms. The molecule has 0 saturated heterocycles. The lowest BCUT2D eigenvalue weighted by Gasteiger charge is -2.31. The third-order valence-electron chi connectivity index (χ3n) is 5.00. The molecule has 2 amide bonds. The van der Waals surface area contributed by atoms with Crippen LogP contribution in [0.4, 0.5) is 4.79 Å². The van der Waals surface area contributed by atoms with Gasteiger partial charge in [0.2, 0.25) is 0 Å². The molecule has 1 aromatic rings. The van der Waals surface area contributed by atoms with Gasteiger partial charge in [-0.3, -0.25) is 0 Å². The number of nitrogens with one attached hydrogen (secondary N) is 1.